The molecule has 0 bridgehead atoms. The number of rotatable bonds is 5. The van der Waals surface area contributed by atoms with Crippen LogP contribution in [0.2, 0.25) is 0 Å². The standard InChI is InChI=1S/C21H29F7O3/c1-10-2-4-11(5-3-10)20(29)30-12-6-14(22)18(15(23)7-12)21(27,28)31-13-8-16(24)19(26)17(25)9-13/h10-19H,2-9H2,1H3. The Morgan fingerprint density at radius 2 is 1.26 bits per heavy atom. The van der Waals surface area contributed by atoms with Crippen LogP contribution >= 0.6 is 0 Å². The van der Waals surface area contributed by atoms with E-state index < -0.39 is 86.7 Å². The first-order valence-corrected chi connectivity index (χ1v) is 10.9. The molecule has 3 saturated carbocycles. The van der Waals surface area contributed by atoms with Crippen LogP contribution in [0.3, 0.4) is 0 Å². The fourth-order valence-electron chi connectivity index (χ4n) is 4.87. The van der Waals surface area contributed by atoms with Crippen molar-refractivity contribution >= 4 is 5.97 Å². The quantitative estimate of drug-likeness (QED) is 0.394. The zero-order valence-electron chi connectivity index (χ0n) is 17.3. The van der Waals surface area contributed by atoms with Gasteiger partial charge in [-0.3, -0.25) is 4.79 Å². The Morgan fingerprint density at radius 3 is 1.77 bits per heavy atom. The van der Waals surface area contributed by atoms with Crippen LogP contribution in [0.4, 0.5) is 30.7 Å². The van der Waals surface area contributed by atoms with E-state index in [0.717, 1.165) is 12.8 Å². The molecule has 4 atom stereocenters. The van der Waals surface area contributed by atoms with Gasteiger partial charge in [0.15, 0.2) is 6.17 Å². The number of ether oxygens (including phenoxy) is 2. The smallest absolute Gasteiger partial charge is 0.364 e. The molecule has 3 aliphatic carbocycles. The lowest BCUT2D eigenvalue weighted by atomic mass is 9.82. The molecular weight excluding hydrogens is 433 g/mol. The molecule has 31 heavy (non-hydrogen) atoms. The number of carbonyl (C=O) groups excluding carboxylic acids is 1. The van der Waals surface area contributed by atoms with Crippen molar-refractivity contribution < 1.29 is 45.0 Å². The van der Waals surface area contributed by atoms with Crippen molar-refractivity contribution in [3.63, 3.8) is 0 Å². The van der Waals surface area contributed by atoms with Gasteiger partial charge in [0.05, 0.1) is 12.0 Å². The average molecular weight is 462 g/mol. The van der Waals surface area contributed by atoms with Gasteiger partial charge < -0.3 is 9.47 Å². The summed E-state index contributed by atoms with van der Waals surface area (Å²) in [5.74, 6) is -2.93. The zero-order chi connectivity index (χ0) is 22.9. The van der Waals surface area contributed by atoms with E-state index in [1.807, 2.05) is 0 Å². The van der Waals surface area contributed by atoms with Gasteiger partial charge in [0.2, 0.25) is 0 Å². The molecule has 10 heteroatoms. The van der Waals surface area contributed by atoms with E-state index in [1.165, 1.54) is 0 Å². The average Bonchev–Trinajstić information content (AvgIpc) is 2.65. The highest BCUT2D eigenvalue weighted by atomic mass is 19.3. The Bertz CT molecular complexity index is 590. The van der Waals surface area contributed by atoms with Gasteiger partial charge in [0.1, 0.15) is 36.7 Å². The molecule has 0 aromatic carbocycles. The van der Waals surface area contributed by atoms with Crippen molar-refractivity contribution in [2.75, 3.05) is 0 Å². The van der Waals surface area contributed by atoms with Crippen molar-refractivity contribution in [2.24, 2.45) is 17.8 Å². The molecule has 3 fully saturated rings. The maximum absolute atomic E-state index is 14.6. The number of carbonyl (C=O) groups is 1. The third kappa shape index (κ3) is 5.85. The van der Waals surface area contributed by atoms with Crippen LogP contribution in [0.15, 0.2) is 0 Å². The van der Waals surface area contributed by atoms with Crippen molar-refractivity contribution in [3.05, 3.63) is 0 Å². The van der Waals surface area contributed by atoms with Crippen molar-refractivity contribution in [1.29, 1.82) is 0 Å². The first kappa shape index (κ1) is 24.6. The Kier molecular flexibility index (Phi) is 7.79. The summed E-state index contributed by atoms with van der Waals surface area (Å²) in [5.41, 5.74) is 0. The lowest BCUT2D eigenvalue weighted by Crippen LogP contribution is -2.52. The van der Waals surface area contributed by atoms with Crippen molar-refractivity contribution in [3.8, 4) is 0 Å². The normalized spacial score (nSPS) is 44.6. The topological polar surface area (TPSA) is 35.5 Å². The predicted molar refractivity (Wildman–Crippen MR) is 97.3 cm³/mol. The second-order valence-electron chi connectivity index (χ2n) is 9.29. The second kappa shape index (κ2) is 9.83. The molecule has 0 aromatic rings. The van der Waals surface area contributed by atoms with Crippen LogP contribution < -0.4 is 0 Å². The van der Waals surface area contributed by atoms with Crippen molar-refractivity contribution in [2.45, 2.75) is 107 Å². The van der Waals surface area contributed by atoms with Crippen LogP contribution in [0.1, 0.15) is 58.3 Å². The van der Waals surface area contributed by atoms with E-state index in [2.05, 4.69) is 11.7 Å². The minimum atomic E-state index is -4.35. The molecule has 0 N–H and O–H groups in total. The fraction of sp³-hybridized carbons (Fsp3) is 0.952. The van der Waals surface area contributed by atoms with Crippen LogP contribution in [-0.4, -0.2) is 55.1 Å². The molecule has 3 aliphatic rings. The highest BCUT2D eigenvalue weighted by Crippen LogP contribution is 2.44. The Labute approximate surface area is 177 Å². The maximum atomic E-state index is 14.6. The van der Waals surface area contributed by atoms with E-state index >= 15 is 0 Å². The van der Waals surface area contributed by atoms with Gasteiger partial charge in [0, 0.05) is 25.7 Å². The molecule has 0 heterocycles. The predicted octanol–water partition coefficient (Wildman–Crippen LogP) is 5.60. The number of esters is 1. The van der Waals surface area contributed by atoms with Gasteiger partial charge >= 0.3 is 12.1 Å². The third-order valence-corrected chi connectivity index (χ3v) is 6.77. The monoisotopic (exact) mass is 462 g/mol. The van der Waals surface area contributed by atoms with Crippen LogP contribution in [0.25, 0.3) is 0 Å². The number of hydrogen-bond donors (Lipinski definition) is 0. The number of alkyl halides is 7. The zero-order valence-corrected chi connectivity index (χ0v) is 17.3. The number of hydrogen-bond acceptors (Lipinski definition) is 3. The number of halogens is 7. The summed E-state index contributed by atoms with van der Waals surface area (Å²) in [4.78, 5) is 12.3. The van der Waals surface area contributed by atoms with Gasteiger partial charge in [-0.1, -0.05) is 6.92 Å². The fourth-order valence-corrected chi connectivity index (χ4v) is 4.87. The third-order valence-electron chi connectivity index (χ3n) is 6.77. The molecule has 3 rings (SSSR count). The van der Waals surface area contributed by atoms with Gasteiger partial charge in [-0.05, 0) is 31.6 Å². The van der Waals surface area contributed by atoms with Gasteiger partial charge in [-0.2, -0.15) is 8.78 Å². The minimum absolute atomic E-state index is 0.359. The molecule has 0 amide bonds. The summed E-state index contributed by atoms with van der Waals surface area (Å²) in [6, 6.07) is 0. The highest BCUT2D eigenvalue weighted by molar-refractivity contribution is 5.72. The summed E-state index contributed by atoms with van der Waals surface area (Å²) in [5, 5.41) is 0. The lowest BCUT2D eigenvalue weighted by molar-refractivity contribution is -0.323. The lowest BCUT2D eigenvalue weighted by Gasteiger charge is -2.40. The van der Waals surface area contributed by atoms with Gasteiger partial charge in [0.25, 0.3) is 0 Å². The molecular formula is C21H29F7O3. The Hall–Kier alpha value is -1.06. The minimum Gasteiger partial charge on any atom is -0.462 e. The molecule has 0 radical (unpaired) electrons. The van der Waals surface area contributed by atoms with E-state index in [9.17, 15) is 35.5 Å². The van der Waals surface area contributed by atoms with Crippen molar-refractivity contribution in [1.82, 2.24) is 0 Å². The molecule has 0 aliphatic heterocycles. The van der Waals surface area contributed by atoms with E-state index in [1.54, 1.807) is 0 Å². The molecule has 0 aromatic heterocycles. The van der Waals surface area contributed by atoms with Crippen LogP contribution in [-0.2, 0) is 14.3 Å². The molecule has 3 nitrogen and oxygen atoms in total. The van der Waals surface area contributed by atoms with Gasteiger partial charge in [-0.25, -0.2) is 22.0 Å². The molecule has 0 saturated heterocycles. The summed E-state index contributed by atoms with van der Waals surface area (Å²) in [6.45, 7) is 2.07. The van der Waals surface area contributed by atoms with E-state index in [-0.39, 0.29) is 5.92 Å². The molecule has 180 valence electrons. The first-order valence-electron chi connectivity index (χ1n) is 10.9. The SMILES string of the molecule is CC1CCC(C(=O)OC2CC(F)C(C(F)(F)OC3CC(F)C(F)C(F)C3)C(F)C2)CC1. The Morgan fingerprint density at radius 1 is 0.774 bits per heavy atom. The summed E-state index contributed by atoms with van der Waals surface area (Å²) in [6.07, 6.45) is -19.0. The van der Waals surface area contributed by atoms with E-state index in [4.69, 9.17) is 4.74 Å². The second-order valence-corrected chi connectivity index (χ2v) is 9.29. The summed E-state index contributed by atoms with van der Waals surface area (Å²) in [7, 11) is 0. The summed E-state index contributed by atoms with van der Waals surface area (Å²) >= 11 is 0. The van der Waals surface area contributed by atoms with Crippen LogP contribution in [0.5, 0.6) is 0 Å². The summed E-state index contributed by atoms with van der Waals surface area (Å²) < 4.78 is 108. The Balaban J connectivity index is 1.55. The maximum Gasteiger partial charge on any atom is 0.364 e. The molecule has 0 spiro atoms. The largest absolute Gasteiger partial charge is 0.462 e. The highest BCUT2D eigenvalue weighted by Gasteiger charge is 2.56. The molecule has 4 unspecified atom stereocenters. The van der Waals surface area contributed by atoms with Crippen LogP contribution in [0, 0.1) is 17.8 Å². The first-order chi connectivity index (χ1) is 14.5. The van der Waals surface area contributed by atoms with Gasteiger partial charge in [-0.15, -0.1) is 0 Å². The van der Waals surface area contributed by atoms with E-state index in [0.29, 0.717) is 18.8 Å².